The maximum atomic E-state index is 12.7. The molecule has 26 heavy (non-hydrogen) atoms. The number of para-hydroxylation sites is 1. The molecule has 1 atom stereocenters. The highest BCUT2D eigenvalue weighted by molar-refractivity contribution is 6.00. The zero-order valence-corrected chi connectivity index (χ0v) is 14.5. The van der Waals surface area contributed by atoms with Gasteiger partial charge in [-0.05, 0) is 38.0 Å². The van der Waals surface area contributed by atoms with Gasteiger partial charge in [-0.1, -0.05) is 24.3 Å². The molecule has 2 aromatic carbocycles. The van der Waals surface area contributed by atoms with Crippen molar-refractivity contribution in [2.75, 3.05) is 11.4 Å². The molecule has 1 heterocycles. The summed E-state index contributed by atoms with van der Waals surface area (Å²) >= 11 is 0. The first kappa shape index (κ1) is 17.6. The number of anilines is 1. The van der Waals surface area contributed by atoms with Crippen LogP contribution in [0.5, 0.6) is 0 Å². The fourth-order valence-electron chi connectivity index (χ4n) is 3.10. The van der Waals surface area contributed by atoms with Crippen LogP contribution in [0.25, 0.3) is 0 Å². The van der Waals surface area contributed by atoms with Gasteiger partial charge in [0.15, 0.2) is 6.10 Å². The standard InChI is InChI=1S/C19H18N2O5/c1-12-15(7-5-9-16(12)21(24)25)19(23)26-13(2)18(22)20-11-10-14-6-3-4-8-17(14)20/h3-9,13H,10-11H2,1-2H3/t13-/m1/s1. The molecular formula is C19H18N2O5. The van der Waals surface area contributed by atoms with Gasteiger partial charge < -0.3 is 9.64 Å². The van der Waals surface area contributed by atoms with Crippen molar-refractivity contribution >= 4 is 23.3 Å². The van der Waals surface area contributed by atoms with Crippen LogP contribution in [-0.2, 0) is 16.0 Å². The van der Waals surface area contributed by atoms with Crippen molar-refractivity contribution < 1.29 is 19.2 Å². The topological polar surface area (TPSA) is 89.8 Å². The van der Waals surface area contributed by atoms with Crippen LogP contribution in [0, 0.1) is 17.0 Å². The number of rotatable bonds is 4. The van der Waals surface area contributed by atoms with E-state index in [1.807, 2.05) is 24.3 Å². The van der Waals surface area contributed by atoms with E-state index in [1.54, 1.807) is 4.90 Å². The Morgan fingerprint density at radius 2 is 1.92 bits per heavy atom. The molecule has 2 aromatic rings. The zero-order valence-electron chi connectivity index (χ0n) is 14.5. The summed E-state index contributed by atoms with van der Waals surface area (Å²) in [5.41, 5.74) is 2.04. The van der Waals surface area contributed by atoms with E-state index in [9.17, 15) is 19.7 Å². The van der Waals surface area contributed by atoms with Crippen molar-refractivity contribution in [2.45, 2.75) is 26.4 Å². The number of benzene rings is 2. The van der Waals surface area contributed by atoms with E-state index in [-0.39, 0.29) is 22.7 Å². The number of fused-ring (bicyclic) bond motifs is 1. The molecule has 1 aliphatic rings. The summed E-state index contributed by atoms with van der Waals surface area (Å²) in [6.07, 6.45) is -0.237. The number of nitro benzene ring substituents is 1. The summed E-state index contributed by atoms with van der Waals surface area (Å²) in [6, 6.07) is 11.8. The highest BCUT2D eigenvalue weighted by Crippen LogP contribution is 2.28. The van der Waals surface area contributed by atoms with Crippen molar-refractivity contribution in [3.8, 4) is 0 Å². The average Bonchev–Trinajstić information content (AvgIpc) is 3.04. The first-order valence-electron chi connectivity index (χ1n) is 8.24. The first-order valence-corrected chi connectivity index (χ1v) is 8.24. The molecule has 0 aliphatic carbocycles. The molecule has 0 radical (unpaired) electrons. The predicted molar refractivity (Wildman–Crippen MR) is 95.2 cm³/mol. The first-order chi connectivity index (χ1) is 12.4. The Hall–Kier alpha value is -3.22. The normalized spacial score (nSPS) is 13.8. The van der Waals surface area contributed by atoms with Crippen LogP contribution in [0.3, 0.4) is 0 Å². The Balaban J connectivity index is 1.75. The summed E-state index contributed by atoms with van der Waals surface area (Å²) in [6.45, 7) is 3.53. The number of esters is 1. The Kier molecular flexibility index (Phi) is 4.71. The van der Waals surface area contributed by atoms with Gasteiger partial charge in [-0.15, -0.1) is 0 Å². The van der Waals surface area contributed by atoms with Crippen LogP contribution in [-0.4, -0.2) is 29.4 Å². The molecule has 134 valence electrons. The lowest BCUT2D eigenvalue weighted by Gasteiger charge is -2.22. The molecule has 1 aliphatic heterocycles. The van der Waals surface area contributed by atoms with Gasteiger partial charge >= 0.3 is 5.97 Å². The van der Waals surface area contributed by atoms with Crippen LogP contribution in [0.15, 0.2) is 42.5 Å². The summed E-state index contributed by atoms with van der Waals surface area (Å²) in [5.74, 6) is -1.06. The number of amides is 1. The molecule has 0 bridgehead atoms. The lowest BCUT2D eigenvalue weighted by Crippen LogP contribution is -2.39. The van der Waals surface area contributed by atoms with E-state index in [2.05, 4.69) is 0 Å². The summed E-state index contributed by atoms with van der Waals surface area (Å²) < 4.78 is 5.29. The summed E-state index contributed by atoms with van der Waals surface area (Å²) in [5, 5.41) is 11.0. The number of ether oxygens (including phenoxy) is 1. The average molecular weight is 354 g/mol. The summed E-state index contributed by atoms with van der Waals surface area (Å²) in [4.78, 5) is 37.1. The number of carbonyl (C=O) groups is 2. The third-order valence-electron chi connectivity index (χ3n) is 4.51. The van der Waals surface area contributed by atoms with Crippen molar-refractivity contribution in [1.29, 1.82) is 0 Å². The molecule has 0 unspecified atom stereocenters. The molecule has 7 heteroatoms. The molecule has 1 amide bonds. The molecular weight excluding hydrogens is 336 g/mol. The maximum Gasteiger partial charge on any atom is 0.339 e. The number of hydrogen-bond acceptors (Lipinski definition) is 5. The fourth-order valence-corrected chi connectivity index (χ4v) is 3.10. The Labute approximate surface area is 150 Å². The largest absolute Gasteiger partial charge is 0.449 e. The van der Waals surface area contributed by atoms with Crippen LogP contribution in [0.1, 0.15) is 28.4 Å². The second-order valence-electron chi connectivity index (χ2n) is 6.12. The fraction of sp³-hybridized carbons (Fsp3) is 0.263. The Morgan fingerprint density at radius 3 is 2.65 bits per heavy atom. The van der Waals surface area contributed by atoms with Crippen molar-refractivity contribution in [3.05, 3.63) is 69.3 Å². The highest BCUT2D eigenvalue weighted by atomic mass is 16.6. The molecule has 0 spiro atoms. The van der Waals surface area contributed by atoms with E-state index in [0.29, 0.717) is 6.54 Å². The van der Waals surface area contributed by atoms with Gasteiger partial charge in [-0.3, -0.25) is 14.9 Å². The molecule has 0 N–H and O–H groups in total. The summed E-state index contributed by atoms with van der Waals surface area (Å²) in [7, 11) is 0. The molecule has 0 fully saturated rings. The van der Waals surface area contributed by atoms with Crippen LogP contribution < -0.4 is 4.90 Å². The van der Waals surface area contributed by atoms with E-state index in [0.717, 1.165) is 17.7 Å². The van der Waals surface area contributed by atoms with Crippen LogP contribution in [0.4, 0.5) is 11.4 Å². The molecule has 0 saturated carbocycles. The minimum Gasteiger partial charge on any atom is -0.449 e. The smallest absolute Gasteiger partial charge is 0.339 e. The zero-order chi connectivity index (χ0) is 18.8. The Morgan fingerprint density at radius 1 is 1.19 bits per heavy atom. The Bertz CT molecular complexity index is 893. The SMILES string of the molecule is Cc1c(C(=O)O[C@H](C)C(=O)N2CCc3ccccc32)cccc1[N+](=O)[O-]. The van der Waals surface area contributed by atoms with E-state index in [4.69, 9.17) is 4.74 Å². The van der Waals surface area contributed by atoms with Gasteiger partial charge in [0.25, 0.3) is 11.6 Å². The van der Waals surface area contributed by atoms with Gasteiger partial charge in [-0.2, -0.15) is 0 Å². The van der Waals surface area contributed by atoms with E-state index >= 15 is 0 Å². The lowest BCUT2D eigenvalue weighted by atomic mass is 10.1. The van der Waals surface area contributed by atoms with Crippen LogP contribution in [0.2, 0.25) is 0 Å². The van der Waals surface area contributed by atoms with Gasteiger partial charge in [0.2, 0.25) is 0 Å². The molecule has 0 saturated heterocycles. The number of hydrogen-bond donors (Lipinski definition) is 0. The molecule has 0 aromatic heterocycles. The third-order valence-corrected chi connectivity index (χ3v) is 4.51. The van der Waals surface area contributed by atoms with E-state index < -0.39 is 17.0 Å². The predicted octanol–water partition coefficient (Wildman–Crippen LogP) is 3.04. The van der Waals surface area contributed by atoms with E-state index in [1.165, 1.54) is 32.0 Å². The monoisotopic (exact) mass is 354 g/mol. The second-order valence-corrected chi connectivity index (χ2v) is 6.12. The minimum atomic E-state index is -0.993. The quantitative estimate of drug-likeness (QED) is 0.478. The number of carbonyl (C=O) groups excluding carboxylic acids is 2. The number of nitro groups is 1. The van der Waals surface area contributed by atoms with Crippen molar-refractivity contribution in [2.24, 2.45) is 0 Å². The van der Waals surface area contributed by atoms with Gasteiger partial charge in [-0.25, -0.2) is 4.79 Å². The highest BCUT2D eigenvalue weighted by Gasteiger charge is 2.30. The van der Waals surface area contributed by atoms with Gasteiger partial charge in [0, 0.05) is 23.9 Å². The molecule has 3 rings (SSSR count). The van der Waals surface area contributed by atoms with Crippen molar-refractivity contribution in [1.82, 2.24) is 0 Å². The third kappa shape index (κ3) is 3.15. The van der Waals surface area contributed by atoms with Gasteiger partial charge in [0.05, 0.1) is 10.5 Å². The van der Waals surface area contributed by atoms with Crippen LogP contribution >= 0.6 is 0 Å². The lowest BCUT2D eigenvalue weighted by molar-refractivity contribution is -0.385. The van der Waals surface area contributed by atoms with Gasteiger partial charge in [0.1, 0.15) is 0 Å². The second kappa shape index (κ2) is 6.95. The number of nitrogens with zero attached hydrogens (tertiary/aromatic N) is 2. The van der Waals surface area contributed by atoms with Crippen molar-refractivity contribution in [3.63, 3.8) is 0 Å². The maximum absolute atomic E-state index is 12.7. The minimum absolute atomic E-state index is 0.0840. The molecule has 7 nitrogen and oxygen atoms in total.